The third-order valence-electron chi connectivity index (χ3n) is 5.23. The van der Waals surface area contributed by atoms with Crippen LogP contribution in [0.1, 0.15) is 25.8 Å². The van der Waals surface area contributed by atoms with E-state index < -0.39 is 12.1 Å². The van der Waals surface area contributed by atoms with E-state index in [9.17, 15) is 14.4 Å². The van der Waals surface area contributed by atoms with E-state index in [0.29, 0.717) is 45.8 Å². The number of nitrogens with one attached hydrogen (secondary N) is 2. The van der Waals surface area contributed by atoms with Gasteiger partial charge in [-0.25, -0.2) is 4.79 Å². The van der Waals surface area contributed by atoms with Crippen LogP contribution in [0.2, 0.25) is 0 Å². The highest BCUT2D eigenvalue weighted by Gasteiger charge is 2.50. The minimum atomic E-state index is -0.638. The van der Waals surface area contributed by atoms with Gasteiger partial charge in [0.2, 0.25) is 11.8 Å². The maximum absolute atomic E-state index is 12.9. The molecule has 2 N–H and O–H groups in total. The second kappa shape index (κ2) is 9.73. The molecule has 1 aromatic rings. The zero-order valence-electron chi connectivity index (χ0n) is 17.1. The summed E-state index contributed by atoms with van der Waals surface area (Å²) < 4.78 is 5.30. The van der Waals surface area contributed by atoms with Crippen molar-refractivity contribution < 1.29 is 19.1 Å². The zero-order valence-corrected chi connectivity index (χ0v) is 17.1. The number of carbonyl (C=O) groups is 3. The lowest BCUT2D eigenvalue weighted by molar-refractivity contribution is -0.150. The fourth-order valence-electron chi connectivity index (χ4n) is 3.53. The molecule has 2 saturated heterocycles. The van der Waals surface area contributed by atoms with Crippen LogP contribution in [0.25, 0.3) is 0 Å². The highest BCUT2D eigenvalue weighted by molar-refractivity contribution is 5.96. The molecule has 3 rings (SSSR count). The van der Waals surface area contributed by atoms with Gasteiger partial charge in [-0.1, -0.05) is 44.2 Å². The lowest BCUT2D eigenvalue weighted by Gasteiger charge is -2.48. The van der Waals surface area contributed by atoms with E-state index in [-0.39, 0.29) is 23.8 Å². The maximum Gasteiger partial charge on any atom is 0.318 e. The molecular formula is C21H30N4O4. The number of likely N-dealkylation sites (tertiary alicyclic amines) is 1. The first-order valence-electron chi connectivity index (χ1n) is 10.2. The van der Waals surface area contributed by atoms with Crippen molar-refractivity contribution in [1.29, 1.82) is 0 Å². The van der Waals surface area contributed by atoms with Crippen molar-refractivity contribution in [3.05, 3.63) is 35.9 Å². The van der Waals surface area contributed by atoms with Crippen LogP contribution in [0.4, 0.5) is 4.79 Å². The van der Waals surface area contributed by atoms with E-state index in [4.69, 9.17) is 4.74 Å². The average molecular weight is 402 g/mol. The van der Waals surface area contributed by atoms with E-state index >= 15 is 0 Å². The monoisotopic (exact) mass is 402 g/mol. The number of morpholine rings is 1. The third-order valence-corrected chi connectivity index (χ3v) is 5.23. The Morgan fingerprint density at radius 2 is 1.76 bits per heavy atom. The standard InChI is InChI=1S/C21H30N4O4/c1-15(2)13-23-21(28)25-17(19(26)22-14-16-6-4-3-5-7-16)12-18(25)20(27)24-8-10-29-11-9-24/h3-7,15,17-18H,8-14H2,1-2H3,(H,22,26)(H,23,28)/t17-,18+/m1/s1. The van der Waals surface area contributed by atoms with Crippen LogP contribution in [-0.4, -0.2) is 72.6 Å². The maximum atomic E-state index is 12.9. The molecule has 8 nitrogen and oxygen atoms in total. The molecular weight excluding hydrogens is 372 g/mol. The predicted molar refractivity (Wildman–Crippen MR) is 108 cm³/mol. The topological polar surface area (TPSA) is 91.0 Å². The van der Waals surface area contributed by atoms with Crippen molar-refractivity contribution in [3.8, 4) is 0 Å². The van der Waals surface area contributed by atoms with E-state index in [1.807, 2.05) is 44.2 Å². The molecule has 29 heavy (non-hydrogen) atoms. The Labute approximate surface area is 171 Å². The quantitative estimate of drug-likeness (QED) is 0.742. The molecule has 8 heteroatoms. The fourth-order valence-corrected chi connectivity index (χ4v) is 3.53. The number of amides is 4. The number of benzene rings is 1. The molecule has 0 spiro atoms. The Morgan fingerprint density at radius 3 is 2.41 bits per heavy atom. The summed E-state index contributed by atoms with van der Waals surface area (Å²) in [4.78, 5) is 41.5. The first-order chi connectivity index (χ1) is 14.0. The summed E-state index contributed by atoms with van der Waals surface area (Å²) in [6.07, 6.45) is 0.339. The van der Waals surface area contributed by atoms with E-state index in [2.05, 4.69) is 10.6 Å². The van der Waals surface area contributed by atoms with E-state index in [1.165, 1.54) is 4.90 Å². The highest BCUT2D eigenvalue weighted by Crippen LogP contribution is 2.28. The molecule has 158 valence electrons. The van der Waals surface area contributed by atoms with Crippen molar-refractivity contribution >= 4 is 17.8 Å². The van der Waals surface area contributed by atoms with Gasteiger partial charge in [-0.2, -0.15) is 0 Å². The van der Waals surface area contributed by atoms with Crippen LogP contribution < -0.4 is 10.6 Å². The second-order valence-corrected chi connectivity index (χ2v) is 7.90. The van der Waals surface area contributed by atoms with Crippen molar-refractivity contribution in [2.24, 2.45) is 5.92 Å². The van der Waals surface area contributed by atoms with Crippen LogP contribution in [0.15, 0.2) is 30.3 Å². The number of nitrogens with zero attached hydrogens (tertiary/aromatic N) is 2. The molecule has 1 aromatic carbocycles. The highest BCUT2D eigenvalue weighted by atomic mass is 16.5. The Kier molecular flexibility index (Phi) is 7.09. The Morgan fingerprint density at radius 1 is 1.07 bits per heavy atom. The summed E-state index contributed by atoms with van der Waals surface area (Å²) in [5, 5.41) is 5.73. The van der Waals surface area contributed by atoms with Gasteiger partial charge in [0.05, 0.1) is 13.2 Å². The van der Waals surface area contributed by atoms with Crippen LogP contribution in [0, 0.1) is 5.92 Å². The number of hydrogen-bond donors (Lipinski definition) is 2. The van der Waals surface area contributed by atoms with Gasteiger partial charge in [-0.05, 0) is 11.5 Å². The summed E-state index contributed by atoms with van der Waals surface area (Å²) in [7, 11) is 0. The number of rotatable bonds is 6. The first kappa shape index (κ1) is 21.1. The molecule has 2 heterocycles. The third kappa shape index (κ3) is 5.26. The molecule has 0 radical (unpaired) electrons. The molecule has 4 amide bonds. The van der Waals surface area contributed by atoms with Crippen molar-refractivity contribution in [2.45, 2.75) is 38.9 Å². The Balaban J connectivity index is 1.64. The second-order valence-electron chi connectivity index (χ2n) is 7.90. The van der Waals surface area contributed by atoms with Gasteiger partial charge in [0.15, 0.2) is 0 Å². The summed E-state index contributed by atoms with van der Waals surface area (Å²) in [5.41, 5.74) is 0.983. The van der Waals surface area contributed by atoms with Crippen LogP contribution in [0.5, 0.6) is 0 Å². The molecule has 0 bridgehead atoms. The van der Waals surface area contributed by atoms with Gasteiger partial charge in [0.1, 0.15) is 12.1 Å². The summed E-state index contributed by atoms with van der Waals surface area (Å²) in [6.45, 7) is 6.90. The minimum Gasteiger partial charge on any atom is -0.378 e. The van der Waals surface area contributed by atoms with Gasteiger partial charge in [-0.3, -0.25) is 9.59 Å². The molecule has 2 aliphatic rings. The largest absolute Gasteiger partial charge is 0.378 e. The van der Waals surface area contributed by atoms with Gasteiger partial charge in [0.25, 0.3) is 0 Å². The molecule has 2 atom stereocenters. The first-order valence-corrected chi connectivity index (χ1v) is 10.2. The molecule has 2 aliphatic heterocycles. The van der Waals surface area contributed by atoms with Gasteiger partial charge < -0.3 is 25.2 Å². The summed E-state index contributed by atoms with van der Waals surface area (Å²) >= 11 is 0. The number of carbonyl (C=O) groups excluding carboxylic acids is 3. The molecule has 0 saturated carbocycles. The average Bonchev–Trinajstić information content (AvgIpc) is 2.71. The van der Waals surface area contributed by atoms with Gasteiger partial charge in [-0.15, -0.1) is 0 Å². The molecule has 0 aromatic heterocycles. The summed E-state index contributed by atoms with van der Waals surface area (Å²) in [5.74, 6) is -0.0707. The molecule has 2 fully saturated rings. The number of urea groups is 1. The van der Waals surface area contributed by atoms with Crippen molar-refractivity contribution in [3.63, 3.8) is 0 Å². The number of hydrogen-bond acceptors (Lipinski definition) is 4. The summed E-state index contributed by atoms with van der Waals surface area (Å²) in [6, 6.07) is 7.99. The van der Waals surface area contributed by atoms with Crippen molar-refractivity contribution in [2.75, 3.05) is 32.8 Å². The number of ether oxygens (including phenoxy) is 1. The van der Waals surface area contributed by atoms with Crippen LogP contribution >= 0.6 is 0 Å². The lowest BCUT2D eigenvalue weighted by Crippen LogP contribution is -2.70. The molecule has 0 aliphatic carbocycles. The van der Waals surface area contributed by atoms with Crippen LogP contribution in [-0.2, 0) is 20.9 Å². The predicted octanol–water partition coefficient (Wildman–Crippen LogP) is 0.970. The fraction of sp³-hybridized carbons (Fsp3) is 0.571. The normalized spacial score (nSPS) is 21.5. The van der Waals surface area contributed by atoms with Crippen molar-refractivity contribution in [1.82, 2.24) is 20.4 Å². The lowest BCUT2D eigenvalue weighted by atomic mass is 9.91. The zero-order chi connectivity index (χ0) is 20.8. The molecule has 0 unspecified atom stereocenters. The van der Waals surface area contributed by atoms with Gasteiger partial charge in [0, 0.05) is 32.6 Å². The van der Waals surface area contributed by atoms with Crippen LogP contribution in [0.3, 0.4) is 0 Å². The smallest absolute Gasteiger partial charge is 0.318 e. The Hall–Kier alpha value is -2.61. The SMILES string of the molecule is CC(C)CNC(=O)N1[C@@H](C(=O)NCc2ccccc2)C[C@H]1C(=O)N1CCOCC1. The Bertz CT molecular complexity index is 719. The van der Waals surface area contributed by atoms with Gasteiger partial charge >= 0.3 is 6.03 Å². The van der Waals surface area contributed by atoms with E-state index in [1.54, 1.807) is 4.90 Å². The minimum absolute atomic E-state index is 0.111. The van der Waals surface area contributed by atoms with E-state index in [0.717, 1.165) is 5.56 Å².